The summed E-state index contributed by atoms with van der Waals surface area (Å²) in [4.78, 5) is 10.5. The van der Waals surface area contributed by atoms with Crippen molar-refractivity contribution in [2.45, 2.75) is 0 Å². The van der Waals surface area contributed by atoms with Crippen molar-refractivity contribution < 1.29 is 0 Å². The zero-order valence-corrected chi connectivity index (χ0v) is 27.7. The lowest BCUT2D eigenvalue weighted by Gasteiger charge is -2.13. The molecule has 0 fully saturated rings. The average molecular weight is 654 g/mol. The van der Waals surface area contributed by atoms with Gasteiger partial charge in [0.15, 0.2) is 0 Å². The number of fused-ring (bicyclic) bond motifs is 11. The highest BCUT2D eigenvalue weighted by Gasteiger charge is 2.19. The number of nitrogens with zero attached hydrogens (tertiary/aromatic N) is 3. The molecule has 3 nitrogen and oxygen atoms in total. The molecule has 50 heavy (non-hydrogen) atoms. The summed E-state index contributed by atoms with van der Waals surface area (Å²) >= 11 is 1.83. The first-order valence-electron chi connectivity index (χ1n) is 16.9. The zero-order valence-electron chi connectivity index (χ0n) is 26.8. The summed E-state index contributed by atoms with van der Waals surface area (Å²) in [6, 6.07) is 58.9. The molecule has 0 aliphatic heterocycles. The van der Waals surface area contributed by atoms with Crippen LogP contribution in [0.2, 0.25) is 0 Å². The Bertz CT molecular complexity index is 3060. The number of hydrogen-bond donors (Lipinski definition) is 0. The Morgan fingerprint density at radius 3 is 1.58 bits per heavy atom. The summed E-state index contributed by atoms with van der Waals surface area (Å²) < 4.78 is 4.97. The molecule has 11 rings (SSSR count). The molecule has 0 aliphatic rings. The van der Waals surface area contributed by atoms with E-state index >= 15 is 0 Å². The molecule has 3 heterocycles. The molecule has 4 heteroatoms. The molecule has 0 amide bonds. The molecule has 3 aromatic heterocycles. The quantitative estimate of drug-likeness (QED) is 0.190. The zero-order chi connectivity index (χ0) is 32.8. The Kier molecular flexibility index (Phi) is 5.83. The molecule has 8 aromatic carbocycles. The lowest BCUT2D eigenvalue weighted by atomic mass is 10.00. The molecule has 0 spiro atoms. The maximum atomic E-state index is 5.24. The van der Waals surface area contributed by atoms with Gasteiger partial charge in [0.1, 0.15) is 0 Å². The van der Waals surface area contributed by atoms with Crippen LogP contribution in [0.3, 0.4) is 0 Å². The summed E-state index contributed by atoms with van der Waals surface area (Å²) in [5.41, 5.74) is 9.18. The van der Waals surface area contributed by atoms with Gasteiger partial charge in [-0.1, -0.05) is 115 Å². The van der Waals surface area contributed by atoms with E-state index in [1.807, 2.05) is 35.6 Å². The first-order chi connectivity index (χ1) is 24.8. The minimum Gasteiger partial charge on any atom is -0.309 e. The largest absolute Gasteiger partial charge is 0.309 e. The van der Waals surface area contributed by atoms with Crippen molar-refractivity contribution in [2.75, 3.05) is 0 Å². The Balaban J connectivity index is 1.12. The van der Waals surface area contributed by atoms with Crippen LogP contribution < -0.4 is 0 Å². The number of thiophene rings is 1. The summed E-state index contributed by atoms with van der Waals surface area (Å²) in [6.45, 7) is 0. The van der Waals surface area contributed by atoms with Gasteiger partial charge in [0.05, 0.1) is 33.5 Å². The minimum absolute atomic E-state index is 0.884. The van der Waals surface area contributed by atoms with Gasteiger partial charge in [0.2, 0.25) is 0 Å². The predicted molar refractivity (Wildman–Crippen MR) is 213 cm³/mol. The SMILES string of the molecule is c1ccc2c(c1)ccc1c2c2c3ccccc3ccc2n1-c1ccc(-c2nc3ccccc3nc2-c2ccc3c(c2)sc2ccccc23)cc1. The molecule has 0 radical (unpaired) electrons. The second-order valence-electron chi connectivity index (χ2n) is 13.0. The fourth-order valence-corrected chi connectivity index (χ4v) is 9.02. The summed E-state index contributed by atoms with van der Waals surface area (Å²) in [6.07, 6.45) is 0. The number of rotatable bonds is 3. The van der Waals surface area contributed by atoms with Crippen molar-refractivity contribution in [3.63, 3.8) is 0 Å². The van der Waals surface area contributed by atoms with Gasteiger partial charge >= 0.3 is 0 Å². The van der Waals surface area contributed by atoms with E-state index in [0.29, 0.717) is 0 Å². The highest BCUT2D eigenvalue weighted by molar-refractivity contribution is 7.25. The van der Waals surface area contributed by atoms with Crippen molar-refractivity contribution in [3.8, 4) is 28.2 Å². The molecule has 0 saturated heterocycles. The third-order valence-electron chi connectivity index (χ3n) is 10.2. The summed E-state index contributed by atoms with van der Waals surface area (Å²) in [5, 5.41) is 10.2. The molecule has 0 saturated carbocycles. The smallest absolute Gasteiger partial charge is 0.0973 e. The van der Waals surface area contributed by atoms with Crippen molar-refractivity contribution >= 4 is 85.9 Å². The maximum Gasteiger partial charge on any atom is 0.0973 e. The lowest BCUT2D eigenvalue weighted by molar-refractivity contribution is 1.18. The molecule has 0 aliphatic carbocycles. The Labute approximate surface area is 291 Å². The molecular weight excluding hydrogens is 627 g/mol. The Morgan fingerprint density at radius 1 is 0.400 bits per heavy atom. The van der Waals surface area contributed by atoms with E-state index in [4.69, 9.17) is 9.97 Å². The van der Waals surface area contributed by atoms with Gasteiger partial charge in [-0.05, 0) is 70.1 Å². The van der Waals surface area contributed by atoms with E-state index in [1.165, 1.54) is 63.5 Å². The Hall–Kier alpha value is -6.36. The normalized spacial score (nSPS) is 12.0. The topological polar surface area (TPSA) is 30.7 Å². The fraction of sp³-hybridized carbons (Fsp3) is 0. The molecule has 0 bridgehead atoms. The minimum atomic E-state index is 0.884. The van der Waals surface area contributed by atoms with Crippen LogP contribution in [0, 0.1) is 0 Å². The molecule has 232 valence electrons. The molecule has 11 aromatic rings. The van der Waals surface area contributed by atoms with E-state index in [2.05, 4.69) is 144 Å². The molecule has 0 unspecified atom stereocenters. The van der Waals surface area contributed by atoms with Gasteiger partial charge in [-0.3, -0.25) is 0 Å². The lowest BCUT2D eigenvalue weighted by Crippen LogP contribution is -1.97. The van der Waals surface area contributed by atoms with E-state index < -0.39 is 0 Å². The predicted octanol–water partition coefficient (Wildman–Crippen LogP) is 12.7. The van der Waals surface area contributed by atoms with Gasteiger partial charge in [-0.25, -0.2) is 9.97 Å². The number of aromatic nitrogens is 3. The van der Waals surface area contributed by atoms with Crippen LogP contribution >= 0.6 is 11.3 Å². The van der Waals surface area contributed by atoms with Gasteiger partial charge in [0, 0.05) is 47.8 Å². The van der Waals surface area contributed by atoms with Crippen molar-refractivity contribution in [3.05, 3.63) is 164 Å². The first-order valence-corrected chi connectivity index (χ1v) is 17.7. The molecule has 0 atom stereocenters. The Morgan fingerprint density at radius 2 is 0.920 bits per heavy atom. The van der Waals surface area contributed by atoms with E-state index in [0.717, 1.165) is 39.2 Å². The standard InChI is InChI=1S/C46H27N3S/c1-3-11-33-28(9-1)20-25-39-43(33)44-34-12-4-2-10-29(34)21-26-40(44)49(39)32-22-17-30(18-23-32)45-46(48-38-15-7-6-14-37(38)47-45)31-19-24-36-35-13-5-8-16-41(35)50-42(36)27-31/h1-27H. The van der Waals surface area contributed by atoms with Crippen LogP contribution in [0.4, 0.5) is 0 Å². The van der Waals surface area contributed by atoms with Crippen LogP contribution in [0.25, 0.3) is 103 Å². The van der Waals surface area contributed by atoms with Crippen LogP contribution in [0.1, 0.15) is 0 Å². The van der Waals surface area contributed by atoms with Crippen LogP contribution in [0.15, 0.2) is 164 Å². The van der Waals surface area contributed by atoms with E-state index in [-0.39, 0.29) is 0 Å². The summed E-state index contributed by atoms with van der Waals surface area (Å²) in [5.74, 6) is 0. The third kappa shape index (κ3) is 4.03. The highest BCUT2D eigenvalue weighted by atomic mass is 32.1. The number of hydrogen-bond acceptors (Lipinski definition) is 3. The van der Waals surface area contributed by atoms with Gasteiger partial charge in [-0.15, -0.1) is 11.3 Å². The van der Waals surface area contributed by atoms with Crippen molar-refractivity contribution in [2.24, 2.45) is 0 Å². The van der Waals surface area contributed by atoms with Gasteiger partial charge in [-0.2, -0.15) is 0 Å². The van der Waals surface area contributed by atoms with Crippen molar-refractivity contribution in [1.82, 2.24) is 14.5 Å². The van der Waals surface area contributed by atoms with Gasteiger partial charge in [0.25, 0.3) is 0 Å². The monoisotopic (exact) mass is 653 g/mol. The first kappa shape index (κ1) is 27.6. The molecule has 0 N–H and O–H groups in total. The maximum absolute atomic E-state index is 5.24. The van der Waals surface area contributed by atoms with Crippen LogP contribution in [-0.4, -0.2) is 14.5 Å². The second-order valence-corrected chi connectivity index (χ2v) is 14.0. The third-order valence-corrected chi connectivity index (χ3v) is 11.3. The van der Waals surface area contributed by atoms with E-state index in [1.54, 1.807) is 0 Å². The van der Waals surface area contributed by atoms with Crippen molar-refractivity contribution in [1.29, 1.82) is 0 Å². The summed E-state index contributed by atoms with van der Waals surface area (Å²) in [7, 11) is 0. The second kappa shape index (κ2) is 10.6. The average Bonchev–Trinajstić information content (AvgIpc) is 3.73. The van der Waals surface area contributed by atoms with E-state index in [9.17, 15) is 0 Å². The highest BCUT2D eigenvalue weighted by Crippen LogP contribution is 2.42. The van der Waals surface area contributed by atoms with Crippen LogP contribution in [0.5, 0.6) is 0 Å². The van der Waals surface area contributed by atoms with Gasteiger partial charge < -0.3 is 4.57 Å². The molecular formula is C46H27N3S. The number of para-hydroxylation sites is 2. The fourth-order valence-electron chi connectivity index (χ4n) is 7.87. The van der Waals surface area contributed by atoms with Crippen LogP contribution in [-0.2, 0) is 0 Å². The number of benzene rings is 8.